The summed E-state index contributed by atoms with van der Waals surface area (Å²) in [6.45, 7) is 7.10. The first-order valence-electron chi connectivity index (χ1n) is 8.07. The smallest absolute Gasteiger partial charge is 0.151 e. The van der Waals surface area contributed by atoms with Crippen molar-refractivity contribution < 1.29 is 4.42 Å². The first-order valence-corrected chi connectivity index (χ1v) is 8.07. The average Bonchev–Trinajstić information content (AvgIpc) is 3.19. The minimum Gasteiger partial charge on any atom is -0.465 e. The van der Waals surface area contributed by atoms with Gasteiger partial charge in [0.2, 0.25) is 0 Å². The third-order valence-corrected chi connectivity index (χ3v) is 4.92. The second kappa shape index (κ2) is 5.39. The van der Waals surface area contributed by atoms with Crippen LogP contribution in [0.3, 0.4) is 0 Å². The van der Waals surface area contributed by atoms with Crippen LogP contribution in [-0.4, -0.2) is 40.3 Å². The molecule has 0 unspecified atom stereocenters. The van der Waals surface area contributed by atoms with Gasteiger partial charge in [-0.3, -0.25) is 4.90 Å². The van der Waals surface area contributed by atoms with E-state index in [1.807, 2.05) is 26.0 Å². The third-order valence-electron chi connectivity index (χ3n) is 4.92. The molecule has 0 spiro atoms. The number of aryl methyl sites for hydroxylation is 2. The number of likely N-dealkylation sites (tertiary alicyclic amines) is 1. The monoisotopic (exact) mass is 298 g/mol. The van der Waals surface area contributed by atoms with E-state index in [-0.39, 0.29) is 0 Å². The Morgan fingerprint density at radius 3 is 2.64 bits per heavy atom. The number of hydrogen-bond donors (Lipinski definition) is 0. The molecule has 5 heteroatoms. The molecule has 2 saturated heterocycles. The van der Waals surface area contributed by atoms with Gasteiger partial charge in [-0.15, -0.1) is 5.10 Å². The zero-order chi connectivity index (χ0) is 15.1. The Morgan fingerprint density at radius 1 is 1.05 bits per heavy atom. The largest absolute Gasteiger partial charge is 0.465 e. The van der Waals surface area contributed by atoms with E-state index in [1.165, 1.54) is 12.8 Å². The van der Waals surface area contributed by atoms with Gasteiger partial charge < -0.3 is 9.32 Å². The summed E-state index contributed by atoms with van der Waals surface area (Å²) >= 11 is 0. The van der Waals surface area contributed by atoms with Crippen molar-refractivity contribution in [3.8, 4) is 0 Å². The van der Waals surface area contributed by atoms with Gasteiger partial charge in [0.05, 0.1) is 12.2 Å². The maximum absolute atomic E-state index is 5.74. The fourth-order valence-electron chi connectivity index (χ4n) is 3.87. The lowest BCUT2D eigenvalue weighted by Crippen LogP contribution is -2.36. The maximum atomic E-state index is 5.74. The highest BCUT2D eigenvalue weighted by Gasteiger charge is 2.43. The van der Waals surface area contributed by atoms with E-state index in [0.29, 0.717) is 12.1 Å². The second-order valence-corrected chi connectivity index (χ2v) is 6.42. The SMILES string of the molecule is Cc1ccc(N2CC[C@@H]3[C@H]2CCN3Cc2ccc(C)o2)nn1. The fourth-order valence-corrected chi connectivity index (χ4v) is 3.87. The summed E-state index contributed by atoms with van der Waals surface area (Å²) in [5.41, 5.74) is 0.973. The van der Waals surface area contributed by atoms with Crippen molar-refractivity contribution >= 4 is 5.82 Å². The van der Waals surface area contributed by atoms with E-state index < -0.39 is 0 Å². The van der Waals surface area contributed by atoms with Gasteiger partial charge in [-0.05, 0) is 51.0 Å². The quantitative estimate of drug-likeness (QED) is 0.871. The molecule has 2 atom stereocenters. The Hall–Kier alpha value is -1.88. The molecule has 4 heterocycles. The molecule has 0 aromatic carbocycles. The van der Waals surface area contributed by atoms with Crippen LogP contribution < -0.4 is 4.90 Å². The van der Waals surface area contributed by atoms with Crippen molar-refractivity contribution in [2.24, 2.45) is 0 Å². The van der Waals surface area contributed by atoms with Gasteiger partial charge in [0.15, 0.2) is 5.82 Å². The molecule has 0 aliphatic carbocycles. The summed E-state index contributed by atoms with van der Waals surface area (Å²) in [6, 6.07) is 9.46. The van der Waals surface area contributed by atoms with Gasteiger partial charge in [-0.25, -0.2) is 0 Å². The number of rotatable bonds is 3. The van der Waals surface area contributed by atoms with E-state index in [0.717, 1.165) is 42.7 Å². The van der Waals surface area contributed by atoms with E-state index in [4.69, 9.17) is 4.42 Å². The molecule has 5 nitrogen and oxygen atoms in total. The Balaban J connectivity index is 1.48. The Kier molecular flexibility index (Phi) is 3.37. The molecule has 0 radical (unpaired) electrons. The van der Waals surface area contributed by atoms with Gasteiger partial charge in [0, 0.05) is 25.2 Å². The Bertz CT molecular complexity index is 651. The lowest BCUT2D eigenvalue weighted by Gasteiger charge is -2.25. The topological polar surface area (TPSA) is 45.4 Å². The van der Waals surface area contributed by atoms with Crippen LogP contribution in [0.5, 0.6) is 0 Å². The van der Waals surface area contributed by atoms with Crippen molar-refractivity contribution in [1.82, 2.24) is 15.1 Å². The molecular formula is C17H22N4O. The molecule has 0 bridgehead atoms. The predicted octanol–water partition coefficient (Wildman–Crippen LogP) is 2.54. The summed E-state index contributed by atoms with van der Waals surface area (Å²) in [7, 11) is 0. The van der Waals surface area contributed by atoms with E-state index in [2.05, 4.69) is 32.1 Å². The van der Waals surface area contributed by atoms with E-state index >= 15 is 0 Å². The van der Waals surface area contributed by atoms with Crippen LogP contribution in [-0.2, 0) is 6.54 Å². The Morgan fingerprint density at radius 2 is 1.91 bits per heavy atom. The number of fused-ring (bicyclic) bond motifs is 1. The molecule has 4 rings (SSSR count). The zero-order valence-corrected chi connectivity index (χ0v) is 13.2. The standard InChI is InChI=1S/C17H22N4O/c1-12-3-6-17(19-18-12)21-10-8-15-16(21)7-9-20(15)11-14-5-4-13(2)22-14/h3-6,15-16H,7-11H2,1-2H3/t15-,16-/m1/s1. The molecule has 2 aromatic rings. The van der Waals surface area contributed by atoms with Gasteiger partial charge in [0.25, 0.3) is 0 Å². The number of furan rings is 1. The zero-order valence-electron chi connectivity index (χ0n) is 13.2. The van der Waals surface area contributed by atoms with Gasteiger partial charge >= 0.3 is 0 Å². The van der Waals surface area contributed by atoms with Gasteiger partial charge in [-0.2, -0.15) is 5.10 Å². The highest BCUT2D eigenvalue weighted by molar-refractivity contribution is 5.42. The highest BCUT2D eigenvalue weighted by Crippen LogP contribution is 2.35. The third kappa shape index (κ3) is 2.39. The van der Waals surface area contributed by atoms with Crippen molar-refractivity contribution in [3.05, 3.63) is 41.5 Å². The highest BCUT2D eigenvalue weighted by atomic mass is 16.3. The predicted molar refractivity (Wildman–Crippen MR) is 84.8 cm³/mol. The lowest BCUT2D eigenvalue weighted by atomic mass is 10.1. The van der Waals surface area contributed by atoms with Crippen LogP contribution in [0.25, 0.3) is 0 Å². The van der Waals surface area contributed by atoms with Gasteiger partial charge in [-0.1, -0.05) is 0 Å². The van der Waals surface area contributed by atoms with Crippen molar-refractivity contribution in [2.75, 3.05) is 18.0 Å². The molecule has 0 N–H and O–H groups in total. The summed E-state index contributed by atoms with van der Waals surface area (Å²) in [5.74, 6) is 3.09. The van der Waals surface area contributed by atoms with Crippen LogP contribution in [0, 0.1) is 13.8 Å². The fraction of sp³-hybridized carbons (Fsp3) is 0.529. The van der Waals surface area contributed by atoms with E-state index in [9.17, 15) is 0 Å². The first-order chi connectivity index (χ1) is 10.7. The Labute approximate surface area is 130 Å². The minimum absolute atomic E-state index is 0.563. The van der Waals surface area contributed by atoms with Crippen LogP contribution in [0.2, 0.25) is 0 Å². The molecule has 0 saturated carbocycles. The molecule has 2 aromatic heterocycles. The molecule has 0 amide bonds. The van der Waals surface area contributed by atoms with Crippen molar-refractivity contribution in [3.63, 3.8) is 0 Å². The normalized spacial score (nSPS) is 24.9. The molecule has 2 aliphatic rings. The summed E-state index contributed by atoms with van der Waals surface area (Å²) in [6.07, 6.45) is 2.39. The van der Waals surface area contributed by atoms with Crippen molar-refractivity contribution in [2.45, 2.75) is 45.3 Å². The summed E-state index contributed by atoms with van der Waals surface area (Å²) < 4.78 is 5.74. The maximum Gasteiger partial charge on any atom is 0.151 e. The number of aromatic nitrogens is 2. The molecule has 2 fully saturated rings. The molecule has 22 heavy (non-hydrogen) atoms. The van der Waals surface area contributed by atoms with E-state index in [1.54, 1.807) is 0 Å². The van der Waals surface area contributed by atoms with Crippen LogP contribution >= 0.6 is 0 Å². The van der Waals surface area contributed by atoms with Gasteiger partial charge in [0.1, 0.15) is 11.5 Å². The number of hydrogen-bond acceptors (Lipinski definition) is 5. The first kappa shape index (κ1) is 13.8. The van der Waals surface area contributed by atoms with Crippen LogP contribution in [0.4, 0.5) is 5.82 Å². The average molecular weight is 298 g/mol. The lowest BCUT2D eigenvalue weighted by molar-refractivity contribution is 0.225. The van der Waals surface area contributed by atoms with Crippen molar-refractivity contribution in [1.29, 1.82) is 0 Å². The molecular weight excluding hydrogens is 276 g/mol. The summed E-state index contributed by atoms with van der Waals surface area (Å²) in [4.78, 5) is 5.00. The molecule has 116 valence electrons. The van der Waals surface area contributed by atoms with Crippen LogP contribution in [0.15, 0.2) is 28.7 Å². The molecule has 2 aliphatic heterocycles. The number of nitrogens with zero attached hydrogens (tertiary/aromatic N) is 4. The number of anilines is 1. The van der Waals surface area contributed by atoms with Crippen LogP contribution in [0.1, 0.15) is 30.1 Å². The second-order valence-electron chi connectivity index (χ2n) is 6.42. The summed E-state index contributed by atoms with van der Waals surface area (Å²) in [5, 5.41) is 8.58. The minimum atomic E-state index is 0.563.